The minimum atomic E-state index is -0.131. The number of thioether (sulfide) groups is 1. The van der Waals surface area contributed by atoms with E-state index in [1.165, 1.54) is 11.8 Å². The molecule has 0 unspecified atom stereocenters. The third-order valence-corrected chi connectivity index (χ3v) is 7.08. The molecule has 0 saturated carbocycles. The molecule has 1 aliphatic heterocycles. The predicted molar refractivity (Wildman–Crippen MR) is 132 cm³/mol. The summed E-state index contributed by atoms with van der Waals surface area (Å²) in [7, 11) is 0. The van der Waals surface area contributed by atoms with Gasteiger partial charge in [0.15, 0.2) is 5.76 Å². The molecule has 6 nitrogen and oxygen atoms in total. The minimum Gasteiger partial charge on any atom is -0.359 e. The maximum atomic E-state index is 12.6. The van der Waals surface area contributed by atoms with Crippen molar-refractivity contribution in [2.24, 2.45) is 0 Å². The van der Waals surface area contributed by atoms with Crippen molar-refractivity contribution in [1.82, 2.24) is 15.4 Å². The van der Waals surface area contributed by atoms with E-state index in [1.807, 2.05) is 35.7 Å². The van der Waals surface area contributed by atoms with E-state index in [9.17, 15) is 9.59 Å². The highest BCUT2D eigenvalue weighted by atomic mass is 35.5. The average Bonchev–Trinajstić information content (AvgIpc) is 3.51. The predicted octanol–water partition coefficient (Wildman–Crippen LogP) is 5.35. The number of hydrogen-bond donors (Lipinski definition) is 1. The van der Waals surface area contributed by atoms with E-state index in [1.54, 1.807) is 34.4 Å². The highest BCUT2D eigenvalue weighted by Crippen LogP contribution is 2.33. The molecule has 10 heteroatoms. The van der Waals surface area contributed by atoms with Crippen molar-refractivity contribution in [2.75, 3.05) is 6.54 Å². The summed E-state index contributed by atoms with van der Waals surface area (Å²) in [6.07, 6.45) is 2.64. The lowest BCUT2D eigenvalue weighted by molar-refractivity contribution is -0.124. The summed E-state index contributed by atoms with van der Waals surface area (Å²) in [6.45, 7) is 0.646. The number of nitrogens with zero attached hydrogens (tertiary/aromatic N) is 2. The fraction of sp³-hybridized carbons (Fsp3) is 0.182. The van der Waals surface area contributed by atoms with Crippen molar-refractivity contribution in [1.29, 1.82) is 0 Å². The van der Waals surface area contributed by atoms with Crippen molar-refractivity contribution in [2.45, 2.75) is 19.4 Å². The van der Waals surface area contributed by atoms with Crippen molar-refractivity contribution in [3.8, 4) is 11.3 Å². The molecule has 0 bridgehead atoms. The maximum absolute atomic E-state index is 12.6. The number of hydrogen-bond acceptors (Lipinski definition) is 7. The van der Waals surface area contributed by atoms with Crippen LogP contribution in [0.4, 0.5) is 0 Å². The normalized spacial score (nSPS) is 15.0. The molecule has 2 aromatic heterocycles. The second kappa shape index (κ2) is 10.4. The van der Waals surface area contributed by atoms with Gasteiger partial charge in [-0.15, -0.1) is 11.3 Å². The van der Waals surface area contributed by atoms with Gasteiger partial charge in [-0.2, -0.15) is 0 Å². The Kier molecular flexibility index (Phi) is 7.41. The van der Waals surface area contributed by atoms with Gasteiger partial charge in [0, 0.05) is 34.5 Å². The van der Waals surface area contributed by atoms with E-state index in [4.69, 9.17) is 28.3 Å². The van der Waals surface area contributed by atoms with Crippen LogP contribution >= 0.6 is 46.9 Å². The van der Waals surface area contributed by atoms with Crippen LogP contribution in [0.3, 0.4) is 0 Å². The molecule has 3 heterocycles. The third-order valence-electron chi connectivity index (χ3n) is 4.63. The molecule has 4 rings (SSSR count). The van der Waals surface area contributed by atoms with Crippen LogP contribution in [-0.2, 0) is 16.1 Å². The van der Waals surface area contributed by atoms with Crippen LogP contribution in [0.15, 0.2) is 57.3 Å². The van der Waals surface area contributed by atoms with Crippen molar-refractivity contribution in [3.05, 3.63) is 68.4 Å². The summed E-state index contributed by atoms with van der Waals surface area (Å²) in [6, 6.07) is 12.9. The molecule has 2 amide bonds. The Bertz CT molecular complexity index is 1160. The zero-order valence-corrected chi connectivity index (χ0v) is 20.0. The van der Waals surface area contributed by atoms with E-state index < -0.39 is 0 Å². The van der Waals surface area contributed by atoms with Gasteiger partial charge in [-0.05, 0) is 36.1 Å². The number of rotatable bonds is 8. The summed E-state index contributed by atoms with van der Waals surface area (Å²) < 4.78 is 5.82. The van der Waals surface area contributed by atoms with Crippen molar-refractivity contribution in [3.63, 3.8) is 0 Å². The molecule has 164 valence electrons. The Morgan fingerprint density at radius 1 is 1.28 bits per heavy atom. The minimum absolute atomic E-state index is 0.106. The molecule has 1 aromatic carbocycles. The molecule has 3 aromatic rings. The first-order valence-corrected chi connectivity index (χ1v) is 12.2. The summed E-state index contributed by atoms with van der Waals surface area (Å²) in [5.74, 6) is 0.318. The highest BCUT2D eigenvalue weighted by Gasteiger charge is 2.31. The Balaban J connectivity index is 1.22. The smallest absolute Gasteiger partial charge is 0.266 e. The first-order valence-electron chi connectivity index (χ1n) is 9.77. The molecule has 0 aliphatic carbocycles. The Labute approximate surface area is 203 Å². The zero-order valence-electron chi connectivity index (χ0n) is 16.7. The summed E-state index contributed by atoms with van der Waals surface area (Å²) in [4.78, 5) is 28.0. The topological polar surface area (TPSA) is 75.4 Å². The van der Waals surface area contributed by atoms with E-state index in [0.717, 1.165) is 10.4 Å². The summed E-state index contributed by atoms with van der Waals surface area (Å²) >= 11 is 14.1. The van der Waals surface area contributed by atoms with Gasteiger partial charge in [-0.1, -0.05) is 58.9 Å². The summed E-state index contributed by atoms with van der Waals surface area (Å²) in [5.41, 5.74) is 1.56. The molecule has 0 radical (unpaired) electrons. The molecule has 0 atom stereocenters. The molecular weight excluding hydrogens is 486 g/mol. The van der Waals surface area contributed by atoms with E-state index in [-0.39, 0.29) is 24.8 Å². The van der Waals surface area contributed by atoms with E-state index in [2.05, 4.69) is 10.5 Å². The highest BCUT2D eigenvalue weighted by molar-refractivity contribution is 8.26. The summed E-state index contributed by atoms with van der Waals surface area (Å²) in [5, 5.41) is 9.45. The standard InChI is InChI=1S/C22H18ClN3O3S3/c23-15-7-5-14(6-8-15)18-11-16(29-25-18)13-24-20(27)4-1-9-26-21(28)19(32-22(26)30)12-17-3-2-10-31-17/h2-3,5-8,10-12H,1,4,9,13H2,(H,24,27)/b19-12-. The maximum Gasteiger partial charge on any atom is 0.266 e. The van der Waals surface area contributed by atoms with Gasteiger partial charge in [-0.3, -0.25) is 14.5 Å². The van der Waals surface area contributed by atoms with E-state index >= 15 is 0 Å². The number of halogens is 1. The van der Waals surface area contributed by atoms with Crippen LogP contribution < -0.4 is 5.32 Å². The molecular formula is C22H18ClN3O3S3. The number of carbonyl (C=O) groups excluding carboxylic acids is 2. The average molecular weight is 504 g/mol. The van der Waals surface area contributed by atoms with Crippen LogP contribution in [0.5, 0.6) is 0 Å². The number of benzene rings is 1. The van der Waals surface area contributed by atoms with Gasteiger partial charge in [0.2, 0.25) is 5.91 Å². The van der Waals surface area contributed by atoms with Crippen LogP contribution in [0.25, 0.3) is 17.3 Å². The molecule has 1 aliphatic rings. The van der Waals surface area contributed by atoms with Crippen molar-refractivity contribution >= 4 is 69.1 Å². The zero-order chi connectivity index (χ0) is 22.5. The molecule has 1 saturated heterocycles. The van der Waals surface area contributed by atoms with Crippen LogP contribution in [0.2, 0.25) is 5.02 Å². The first kappa shape index (κ1) is 22.7. The number of aromatic nitrogens is 1. The second-order valence-electron chi connectivity index (χ2n) is 6.91. The molecule has 0 spiro atoms. The van der Waals surface area contributed by atoms with Crippen molar-refractivity contribution < 1.29 is 14.1 Å². The lowest BCUT2D eigenvalue weighted by Gasteiger charge is -2.13. The lowest BCUT2D eigenvalue weighted by Crippen LogP contribution is -2.30. The monoisotopic (exact) mass is 503 g/mol. The fourth-order valence-corrected chi connectivity index (χ4v) is 5.18. The quantitative estimate of drug-likeness (QED) is 0.329. The number of thiocarbonyl (C=S) groups is 1. The van der Waals surface area contributed by atoms with Crippen LogP contribution in [0, 0.1) is 0 Å². The van der Waals surface area contributed by atoms with E-state index in [0.29, 0.717) is 38.7 Å². The first-order chi connectivity index (χ1) is 15.5. The number of carbonyl (C=O) groups is 2. The van der Waals surface area contributed by atoms with Gasteiger partial charge in [0.1, 0.15) is 10.0 Å². The number of thiophene rings is 1. The molecule has 32 heavy (non-hydrogen) atoms. The Hall–Kier alpha value is -2.46. The van der Waals surface area contributed by atoms with Gasteiger partial charge in [0.05, 0.1) is 11.4 Å². The largest absolute Gasteiger partial charge is 0.359 e. The molecule has 1 fully saturated rings. The van der Waals surface area contributed by atoms with Gasteiger partial charge < -0.3 is 9.84 Å². The second-order valence-corrected chi connectivity index (χ2v) is 10.0. The van der Waals surface area contributed by atoms with Crippen LogP contribution in [0.1, 0.15) is 23.5 Å². The SMILES string of the molecule is O=C(CCCN1C(=O)/C(=C/c2cccs2)SC1=S)NCc1cc(-c2ccc(Cl)cc2)no1. The molecule has 1 N–H and O–H groups in total. The Morgan fingerprint density at radius 3 is 2.84 bits per heavy atom. The third kappa shape index (κ3) is 5.66. The van der Waals surface area contributed by atoms with Gasteiger partial charge in [-0.25, -0.2) is 0 Å². The lowest BCUT2D eigenvalue weighted by atomic mass is 10.1. The number of nitrogens with one attached hydrogen (secondary N) is 1. The Morgan fingerprint density at radius 2 is 2.09 bits per heavy atom. The van der Waals surface area contributed by atoms with Gasteiger partial charge >= 0.3 is 0 Å². The van der Waals surface area contributed by atoms with Crippen LogP contribution in [-0.4, -0.2) is 32.7 Å². The van der Waals surface area contributed by atoms with Gasteiger partial charge in [0.25, 0.3) is 5.91 Å². The number of amides is 2. The fourth-order valence-electron chi connectivity index (χ4n) is 3.02.